The Kier molecular flexibility index (Phi) is 5.41. The number of aliphatic hydroxyl groups is 1. The molecule has 0 aliphatic rings. The summed E-state index contributed by atoms with van der Waals surface area (Å²) >= 11 is 5.91. The average Bonchev–Trinajstić information content (AvgIpc) is 2.99. The number of halogens is 1. The Morgan fingerprint density at radius 1 is 1.22 bits per heavy atom. The van der Waals surface area contributed by atoms with Gasteiger partial charge in [0.05, 0.1) is 22.6 Å². The number of furan rings is 1. The molecular weight excluding hydrogens is 320 g/mol. The van der Waals surface area contributed by atoms with Crippen molar-refractivity contribution in [2.45, 2.75) is 18.9 Å². The average molecular weight is 337 g/mol. The SMILES string of the molecule is C[C@](O)(CNC(=O)C(=O)Nc1ccccc1Cl)Cc1ccco1. The molecule has 2 aromatic rings. The summed E-state index contributed by atoms with van der Waals surface area (Å²) < 4.78 is 5.15. The predicted molar refractivity (Wildman–Crippen MR) is 86.1 cm³/mol. The van der Waals surface area contributed by atoms with Crippen molar-refractivity contribution in [3.63, 3.8) is 0 Å². The van der Waals surface area contributed by atoms with Gasteiger partial charge < -0.3 is 20.2 Å². The summed E-state index contributed by atoms with van der Waals surface area (Å²) in [6.07, 6.45) is 1.72. The number of nitrogens with one attached hydrogen (secondary N) is 2. The molecule has 6 nitrogen and oxygen atoms in total. The first kappa shape index (κ1) is 17.1. The van der Waals surface area contributed by atoms with Crippen LogP contribution in [-0.4, -0.2) is 29.1 Å². The number of para-hydroxylation sites is 1. The third-order valence-electron chi connectivity index (χ3n) is 3.09. The van der Waals surface area contributed by atoms with Gasteiger partial charge in [-0.25, -0.2) is 0 Å². The molecule has 0 spiro atoms. The molecule has 0 radical (unpaired) electrons. The second kappa shape index (κ2) is 7.30. The Hall–Kier alpha value is -2.31. The smallest absolute Gasteiger partial charge is 0.313 e. The summed E-state index contributed by atoms with van der Waals surface area (Å²) in [5, 5.41) is 15.4. The first-order valence-corrected chi connectivity index (χ1v) is 7.34. The highest BCUT2D eigenvalue weighted by Gasteiger charge is 2.25. The Bertz CT molecular complexity index is 683. The lowest BCUT2D eigenvalue weighted by Crippen LogP contribution is -2.45. The molecule has 1 heterocycles. The molecular formula is C16H17ClN2O4. The minimum atomic E-state index is -1.24. The van der Waals surface area contributed by atoms with Gasteiger partial charge in [0.25, 0.3) is 0 Å². The second-order valence-electron chi connectivity index (χ2n) is 5.37. The summed E-state index contributed by atoms with van der Waals surface area (Å²) in [6, 6.07) is 10.0. The molecule has 0 saturated heterocycles. The van der Waals surface area contributed by atoms with E-state index in [0.717, 1.165) is 0 Å². The fraction of sp³-hybridized carbons (Fsp3) is 0.250. The summed E-state index contributed by atoms with van der Waals surface area (Å²) in [4.78, 5) is 23.6. The summed E-state index contributed by atoms with van der Waals surface area (Å²) in [5.74, 6) is -1.12. The van der Waals surface area contributed by atoms with E-state index in [1.54, 1.807) is 43.3 Å². The van der Waals surface area contributed by atoms with Crippen LogP contribution >= 0.6 is 11.6 Å². The molecule has 0 aliphatic carbocycles. The summed E-state index contributed by atoms with van der Waals surface area (Å²) in [7, 11) is 0. The van der Waals surface area contributed by atoms with Crippen LogP contribution in [0, 0.1) is 0 Å². The third kappa shape index (κ3) is 5.12. The van der Waals surface area contributed by atoms with Gasteiger partial charge in [-0.05, 0) is 31.2 Å². The van der Waals surface area contributed by atoms with E-state index >= 15 is 0 Å². The van der Waals surface area contributed by atoms with Crippen LogP contribution in [0.2, 0.25) is 5.02 Å². The van der Waals surface area contributed by atoms with Gasteiger partial charge in [-0.1, -0.05) is 23.7 Å². The van der Waals surface area contributed by atoms with E-state index in [4.69, 9.17) is 16.0 Å². The van der Waals surface area contributed by atoms with E-state index < -0.39 is 17.4 Å². The zero-order valence-corrected chi connectivity index (χ0v) is 13.3. The monoisotopic (exact) mass is 336 g/mol. The lowest BCUT2D eigenvalue weighted by atomic mass is 10.0. The lowest BCUT2D eigenvalue weighted by Gasteiger charge is -2.22. The molecule has 1 aromatic carbocycles. The van der Waals surface area contributed by atoms with Crippen LogP contribution in [-0.2, 0) is 16.0 Å². The zero-order chi connectivity index (χ0) is 16.9. The fourth-order valence-corrected chi connectivity index (χ4v) is 2.13. The number of carbonyl (C=O) groups is 2. The number of rotatable bonds is 5. The highest BCUT2D eigenvalue weighted by Crippen LogP contribution is 2.20. The van der Waals surface area contributed by atoms with E-state index in [-0.39, 0.29) is 13.0 Å². The molecule has 0 bridgehead atoms. The van der Waals surface area contributed by atoms with Gasteiger partial charge in [-0.2, -0.15) is 0 Å². The van der Waals surface area contributed by atoms with Crippen LogP contribution in [0.4, 0.5) is 5.69 Å². The minimum absolute atomic E-state index is 0.0948. The van der Waals surface area contributed by atoms with Gasteiger partial charge in [0.15, 0.2) is 0 Å². The van der Waals surface area contributed by atoms with Crippen molar-refractivity contribution in [3.05, 3.63) is 53.4 Å². The molecule has 7 heteroatoms. The maximum Gasteiger partial charge on any atom is 0.313 e. The van der Waals surface area contributed by atoms with Crippen molar-refractivity contribution in [2.24, 2.45) is 0 Å². The molecule has 1 atom stereocenters. The Morgan fingerprint density at radius 3 is 2.61 bits per heavy atom. The van der Waals surface area contributed by atoms with E-state index in [1.165, 1.54) is 6.26 Å². The maximum absolute atomic E-state index is 11.8. The number of amides is 2. The molecule has 1 aromatic heterocycles. The minimum Gasteiger partial charge on any atom is -0.469 e. The molecule has 0 fully saturated rings. The van der Waals surface area contributed by atoms with Gasteiger partial charge in [-0.3, -0.25) is 9.59 Å². The van der Waals surface area contributed by atoms with E-state index in [2.05, 4.69) is 10.6 Å². The normalized spacial score (nSPS) is 13.2. The van der Waals surface area contributed by atoms with Gasteiger partial charge >= 0.3 is 11.8 Å². The number of benzene rings is 1. The van der Waals surface area contributed by atoms with Gasteiger partial charge in [-0.15, -0.1) is 0 Å². The Morgan fingerprint density at radius 2 is 1.96 bits per heavy atom. The van der Waals surface area contributed by atoms with Gasteiger partial charge in [0.1, 0.15) is 5.76 Å². The Labute approximate surface area is 138 Å². The molecule has 3 N–H and O–H groups in total. The van der Waals surface area contributed by atoms with E-state index in [0.29, 0.717) is 16.5 Å². The van der Waals surface area contributed by atoms with Gasteiger partial charge in [0, 0.05) is 13.0 Å². The molecule has 2 rings (SSSR count). The van der Waals surface area contributed by atoms with Crippen LogP contribution in [0.5, 0.6) is 0 Å². The summed E-state index contributed by atoms with van der Waals surface area (Å²) in [6.45, 7) is 1.45. The predicted octanol–water partition coefficient (Wildman–Crippen LogP) is 1.98. The maximum atomic E-state index is 11.8. The van der Waals surface area contributed by atoms with Crippen LogP contribution in [0.1, 0.15) is 12.7 Å². The summed E-state index contributed by atoms with van der Waals surface area (Å²) in [5.41, 5.74) is -0.894. The first-order valence-electron chi connectivity index (χ1n) is 6.96. The first-order chi connectivity index (χ1) is 10.9. The molecule has 0 unspecified atom stereocenters. The zero-order valence-electron chi connectivity index (χ0n) is 12.5. The van der Waals surface area contributed by atoms with Crippen molar-refractivity contribution in [1.29, 1.82) is 0 Å². The molecule has 0 saturated carbocycles. The molecule has 0 aliphatic heterocycles. The quantitative estimate of drug-likeness (QED) is 0.728. The lowest BCUT2D eigenvalue weighted by molar-refractivity contribution is -0.136. The number of carbonyl (C=O) groups excluding carboxylic acids is 2. The number of hydrogen-bond donors (Lipinski definition) is 3. The van der Waals surface area contributed by atoms with Crippen molar-refractivity contribution in [2.75, 3.05) is 11.9 Å². The van der Waals surface area contributed by atoms with E-state index in [9.17, 15) is 14.7 Å². The van der Waals surface area contributed by atoms with Crippen molar-refractivity contribution in [1.82, 2.24) is 5.32 Å². The molecule has 122 valence electrons. The Balaban J connectivity index is 1.86. The highest BCUT2D eigenvalue weighted by atomic mass is 35.5. The van der Waals surface area contributed by atoms with Crippen LogP contribution < -0.4 is 10.6 Å². The number of hydrogen-bond acceptors (Lipinski definition) is 4. The topological polar surface area (TPSA) is 91.6 Å². The molecule has 2 amide bonds. The van der Waals surface area contributed by atoms with Crippen LogP contribution in [0.25, 0.3) is 0 Å². The molecule has 23 heavy (non-hydrogen) atoms. The highest BCUT2D eigenvalue weighted by molar-refractivity contribution is 6.41. The second-order valence-corrected chi connectivity index (χ2v) is 5.78. The number of anilines is 1. The van der Waals surface area contributed by atoms with E-state index in [1.807, 2.05) is 0 Å². The third-order valence-corrected chi connectivity index (χ3v) is 3.42. The largest absolute Gasteiger partial charge is 0.469 e. The standard InChI is InChI=1S/C16H17ClN2O4/c1-16(22,9-11-5-4-8-23-11)10-18-14(20)15(21)19-13-7-3-2-6-12(13)17/h2-8,22H,9-10H2,1H3,(H,18,20)(H,19,21)/t16-/m1/s1. The fourth-order valence-electron chi connectivity index (χ4n) is 1.94. The van der Waals surface area contributed by atoms with Crippen LogP contribution in [0.3, 0.4) is 0 Å². The van der Waals surface area contributed by atoms with Crippen molar-refractivity contribution >= 4 is 29.1 Å². The van der Waals surface area contributed by atoms with Gasteiger partial charge in [0.2, 0.25) is 0 Å². The van der Waals surface area contributed by atoms with Crippen molar-refractivity contribution < 1.29 is 19.1 Å². The van der Waals surface area contributed by atoms with Crippen molar-refractivity contribution in [3.8, 4) is 0 Å². The van der Waals surface area contributed by atoms with Crippen LogP contribution in [0.15, 0.2) is 47.1 Å².